The topological polar surface area (TPSA) is 46.3 Å². The van der Waals surface area contributed by atoms with Crippen molar-refractivity contribution in [3.05, 3.63) is 65.2 Å². The van der Waals surface area contributed by atoms with Gasteiger partial charge in [0.25, 0.3) is 5.91 Å². The van der Waals surface area contributed by atoms with Crippen LogP contribution in [-0.2, 0) is 13.0 Å². The Morgan fingerprint density at radius 1 is 1.05 bits per heavy atom. The van der Waals surface area contributed by atoms with Gasteiger partial charge in [-0.25, -0.2) is 0 Å². The van der Waals surface area contributed by atoms with E-state index < -0.39 is 0 Å². The van der Waals surface area contributed by atoms with Gasteiger partial charge in [-0.05, 0) is 42.7 Å². The average molecular weight is 282 g/mol. The van der Waals surface area contributed by atoms with Crippen LogP contribution in [0.5, 0.6) is 0 Å². The highest BCUT2D eigenvalue weighted by atomic mass is 16.2. The second-order valence-corrected chi connectivity index (χ2v) is 5.07. The monoisotopic (exact) mass is 282 g/mol. The number of hydrogen-bond donors (Lipinski definition) is 1. The molecule has 0 heterocycles. The number of nitrogens with two attached hydrogens (primary N) is 1. The molecule has 1 amide bonds. The summed E-state index contributed by atoms with van der Waals surface area (Å²) in [7, 11) is 0. The predicted molar refractivity (Wildman–Crippen MR) is 87.1 cm³/mol. The average Bonchev–Trinajstić information content (AvgIpc) is 2.53. The molecule has 110 valence electrons. The standard InChI is InChI=1S/C18H22N2O/c1-3-15-7-5-6-8-17(15)18(21)20(4-2)13-14-9-11-16(19)12-10-14/h5-12H,3-4,13,19H2,1-2H3. The van der Waals surface area contributed by atoms with Gasteiger partial charge in [0.2, 0.25) is 0 Å². The Morgan fingerprint density at radius 3 is 2.33 bits per heavy atom. The molecule has 0 fully saturated rings. The fraction of sp³-hybridized carbons (Fsp3) is 0.278. The van der Waals surface area contributed by atoms with E-state index in [1.165, 1.54) is 0 Å². The second-order valence-electron chi connectivity index (χ2n) is 5.07. The van der Waals surface area contributed by atoms with Gasteiger partial charge in [-0.3, -0.25) is 4.79 Å². The van der Waals surface area contributed by atoms with Crippen molar-refractivity contribution in [2.45, 2.75) is 26.8 Å². The lowest BCUT2D eigenvalue weighted by Crippen LogP contribution is -2.31. The van der Waals surface area contributed by atoms with E-state index in [0.29, 0.717) is 13.1 Å². The third kappa shape index (κ3) is 3.63. The first kappa shape index (κ1) is 15.1. The Hall–Kier alpha value is -2.29. The van der Waals surface area contributed by atoms with Gasteiger partial charge in [0.1, 0.15) is 0 Å². The number of nitrogen functional groups attached to an aromatic ring is 1. The van der Waals surface area contributed by atoms with E-state index in [1.54, 1.807) is 0 Å². The van der Waals surface area contributed by atoms with Crippen molar-refractivity contribution in [2.24, 2.45) is 0 Å². The number of amides is 1. The molecule has 0 saturated carbocycles. The Bertz CT molecular complexity index is 605. The van der Waals surface area contributed by atoms with Crippen molar-refractivity contribution < 1.29 is 4.79 Å². The van der Waals surface area contributed by atoms with Crippen LogP contribution in [0, 0.1) is 0 Å². The highest BCUT2D eigenvalue weighted by Gasteiger charge is 2.16. The summed E-state index contributed by atoms with van der Waals surface area (Å²) < 4.78 is 0. The first-order valence-corrected chi connectivity index (χ1v) is 7.37. The van der Waals surface area contributed by atoms with Crippen molar-refractivity contribution in [1.29, 1.82) is 0 Å². The number of hydrogen-bond acceptors (Lipinski definition) is 2. The molecule has 0 aromatic heterocycles. The van der Waals surface area contributed by atoms with E-state index in [1.807, 2.05) is 60.4 Å². The number of aryl methyl sites for hydroxylation is 1. The minimum Gasteiger partial charge on any atom is -0.399 e. The summed E-state index contributed by atoms with van der Waals surface area (Å²) >= 11 is 0. The van der Waals surface area contributed by atoms with Gasteiger partial charge < -0.3 is 10.6 Å². The van der Waals surface area contributed by atoms with Crippen LogP contribution in [0.2, 0.25) is 0 Å². The van der Waals surface area contributed by atoms with E-state index in [2.05, 4.69) is 6.92 Å². The Balaban J connectivity index is 2.20. The first-order valence-electron chi connectivity index (χ1n) is 7.37. The lowest BCUT2D eigenvalue weighted by atomic mass is 10.0. The molecule has 0 aliphatic rings. The summed E-state index contributed by atoms with van der Waals surface area (Å²) in [6.45, 7) is 5.36. The molecular formula is C18H22N2O. The number of benzene rings is 2. The molecule has 0 aliphatic heterocycles. The predicted octanol–water partition coefficient (Wildman–Crippen LogP) is 3.49. The summed E-state index contributed by atoms with van der Waals surface area (Å²) in [6, 6.07) is 15.5. The number of carbonyl (C=O) groups excluding carboxylic acids is 1. The molecule has 0 saturated heterocycles. The molecule has 0 aliphatic carbocycles. The smallest absolute Gasteiger partial charge is 0.254 e. The Kier molecular flexibility index (Phi) is 4.99. The molecule has 0 unspecified atom stereocenters. The molecule has 0 spiro atoms. The van der Waals surface area contributed by atoms with Gasteiger partial charge in [-0.15, -0.1) is 0 Å². The van der Waals surface area contributed by atoms with Crippen LogP contribution in [0.3, 0.4) is 0 Å². The molecule has 3 heteroatoms. The van der Waals surface area contributed by atoms with E-state index >= 15 is 0 Å². The van der Waals surface area contributed by atoms with Gasteiger partial charge in [0.15, 0.2) is 0 Å². The maximum Gasteiger partial charge on any atom is 0.254 e. The normalized spacial score (nSPS) is 10.4. The largest absolute Gasteiger partial charge is 0.399 e. The first-order chi connectivity index (χ1) is 10.2. The molecule has 2 aromatic rings. The summed E-state index contributed by atoms with van der Waals surface area (Å²) in [5, 5.41) is 0. The van der Waals surface area contributed by atoms with Crippen molar-refractivity contribution in [2.75, 3.05) is 12.3 Å². The second kappa shape index (κ2) is 6.93. The molecule has 21 heavy (non-hydrogen) atoms. The van der Waals surface area contributed by atoms with Gasteiger partial charge in [-0.1, -0.05) is 37.3 Å². The molecule has 0 atom stereocenters. The summed E-state index contributed by atoms with van der Waals surface area (Å²) in [5.41, 5.74) is 9.43. The number of anilines is 1. The zero-order chi connectivity index (χ0) is 15.2. The fourth-order valence-corrected chi connectivity index (χ4v) is 2.38. The van der Waals surface area contributed by atoms with E-state index in [4.69, 9.17) is 5.73 Å². The van der Waals surface area contributed by atoms with Crippen LogP contribution in [0.25, 0.3) is 0 Å². The van der Waals surface area contributed by atoms with Crippen LogP contribution in [-0.4, -0.2) is 17.4 Å². The third-order valence-corrected chi connectivity index (χ3v) is 3.65. The summed E-state index contributed by atoms with van der Waals surface area (Å²) in [6.07, 6.45) is 0.862. The summed E-state index contributed by atoms with van der Waals surface area (Å²) in [5.74, 6) is 0.0896. The molecule has 3 nitrogen and oxygen atoms in total. The minimum absolute atomic E-state index is 0.0896. The maximum atomic E-state index is 12.7. The van der Waals surface area contributed by atoms with Crippen molar-refractivity contribution in [3.8, 4) is 0 Å². The third-order valence-electron chi connectivity index (χ3n) is 3.65. The van der Waals surface area contributed by atoms with Crippen LogP contribution in [0.15, 0.2) is 48.5 Å². The van der Waals surface area contributed by atoms with E-state index in [0.717, 1.165) is 28.8 Å². The summed E-state index contributed by atoms with van der Waals surface area (Å²) in [4.78, 5) is 14.6. The van der Waals surface area contributed by atoms with E-state index in [-0.39, 0.29) is 5.91 Å². The molecule has 0 bridgehead atoms. The molecular weight excluding hydrogens is 260 g/mol. The molecule has 2 aromatic carbocycles. The van der Waals surface area contributed by atoms with Gasteiger partial charge in [0.05, 0.1) is 0 Å². The van der Waals surface area contributed by atoms with Gasteiger partial charge >= 0.3 is 0 Å². The quantitative estimate of drug-likeness (QED) is 0.853. The number of rotatable bonds is 5. The fourth-order valence-electron chi connectivity index (χ4n) is 2.38. The number of carbonyl (C=O) groups is 1. The van der Waals surface area contributed by atoms with Crippen LogP contribution in [0.1, 0.15) is 35.3 Å². The van der Waals surface area contributed by atoms with Crippen molar-refractivity contribution in [1.82, 2.24) is 4.90 Å². The SMILES string of the molecule is CCc1ccccc1C(=O)N(CC)Cc1ccc(N)cc1. The van der Waals surface area contributed by atoms with Crippen LogP contribution < -0.4 is 5.73 Å². The van der Waals surface area contributed by atoms with Crippen molar-refractivity contribution in [3.63, 3.8) is 0 Å². The van der Waals surface area contributed by atoms with Crippen molar-refractivity contribution >= 4 is 11.6 Å². The molecule has 0 radical (unpaired) electrons. The Morgan fingerprint density at radius 2 is 1.71 bits per heavy atom. The van der Waals surface area contributed by atoms with E-state index in [9.17, 15) is 4.79 Å². The maximum absolute atomic E-state index is 12.7. The van der Waals surface area contributed by atoms with Crippen LogP contribution in [0.4, 0.5) is 5.69 Å². The van der Waals surface area contributed by atoms with Crippen LogP contribution >= 0.6 is 0 Å². The molecule has 2 rings (SSSR count). The zero-order valence-corrected chi connectivity index (χ0v) is 12.7. The highest BCUT2D eigenvalue weighted by molar-refractivity contribution is 5.95. The Labute approximate surface area is 126 Å². The number of nitrogens with zero attached hydrogens (tertiary/aromatic N) is 1. The zero-order valence-electron chi connectivity index (χ0n) is 12.7. The lowest BCUT2D eigenvalue weighted by molar-refractivity contribution is 0.0751. The highest BCUT2D eigenvalue weighted by Crippen LogP contribution is 2.15. The van der Waals surface area contributed by atoms with Gasteiger partial charge in [-0.2, -0.15) is 0 Å². The molecule has 2 N–H and O–H groups in total. The minimum atomic E-state index is 0.0896. The lowest BCUT2D eigenvalue weighted by Gasteiger charge is -2.22. The van der Waals surface area contributed by atoms with Gasteiger partial charge in [0, 0.05) is 24.3 Å².